The van der Waals surface area contributed by atoms with Gasteiger partial charge in [0.05, 0.1) is 12.5 Å². The number of hydrogen-bond acceptors (Lipinski definition) is 8. The van der Waals surface area contributed by atoms with Gasteiger partial charge in [0, 0.05) is 6.42 Å². The highest BCUT2D eigenvalue weighted by atomic mass is 32.2. The SMILES string of the molecule is CSCCC(NC(=O)C(CCC(=O)O)NC(=O)C(CC(=O)O)NC(=O)C1CCCN1)C(=O)O. The minimum Gasteiger partial charge on any atom is -0.481 e. The number of hydrogen-bond donors (Lipinski definition) is 7. The highest BCUT2D eigenvalue weighted by Gasteiger charge is 2.32. The highest BCUT2D eigenvalue weighted by molar-refractivity contribution is 7.98. The molecule has 14 heteroatoms. The standard InChI is InChI=1S/C19H30N4O9S/c1-33-8-6-12(19(31)32)22-17(29)11(4-5-14(24)25)21-18(30)13(9-15(26)27)23-16(28)10-3-2-7-20-10/h10-13,20H,2-9H2,1H3,(H,21,30)(H,22,29)(H,23,28)(H,24,25)(H,26,27)(H,31,32). The number of aliphatic carboxylic acids is 3. The molecule has 33 heavy (non-hydrogen) atoms. The average Bonchev–Trinajstić information content (AvgIpc) is 3.27. The molecular weight excluding hydrogens is 460 g/mol. The molecule has 0 saturated carbocycles. The van der Waals surface area contributed by atoms with Crippen LogP contribution in [0.2, 0.25) is 0 Å². The van der Waals surface area contributed by atoms with Crippen LogP contribution in [0.3, 0.4) is 0 Å². The zero-order valence-electron chi connectivity index (χ0n) is 18.2. The van der Waals surface area contributed by atoms with E-state index < -0.39 is 72.6 Å². The third-order valence-electron chi connectivity index (χ3n) is 4.89. The molecule has 0 radical (unpaired) electrons. The summed E-state index contributed by atoms with van der Waals surface area (Å²) in [7, 11) is 0. The third-order valence-corrected chi connectivity index (χ3v) is 5.54. The van der Waals surface area contributed by atoms with Crippen molar-refractivity contribution in [2.75, 3.05) is 18.6 Å². The molecule has 4 unspecified atom stereocenters. The van der Waals surface area contributed by atoms with Gasteiger partial charge in [0.25, 0.3) is 0 Å². The predicted molar refractivity (Wildman–Crippen MR) is 117 cm³/mol. The van der Waals surface area contributed by atoms with E-state index in [9.17, 15) is 33.9 Å². The van der Waals surface area contributed by atoms with Crippen LogP contribution in [0.25, 0.3) is 0 Å². The van der Waals surface area contributed by atoms with Gasteiger partial charge in [0.2, 0.25) is 17.7 Å². The number of carbonyl (C=O) groups is 6. The summed E-state index contributed by atoms with van der Waals surface area (Å²) in [6.07, 6.45) is 1.49. The summed E-state index contributed by atoms with van der Waals surface area (Å²) in [6.45, 7) is 0.604. The second-order valence-electron chi connectivity index (χ2n) is 7.48. The monoisotopic (exact) mass is 490 g/mol. The lowest BCUT2D eigenvalue weighted by Gasteiger charge is -2.24. The molecule has 0 aliphatic carbocycles. The van der Waals surface area contributed by atoms with E-state index in [2.05, 4.69) is 21.3 Å². The van der Waals surface area contributed by atoms with Gasteiger partial charge < -0.3 is 36.6 Å². The molecule has 0 aromatic carbocycles. The fourth-order valence-corrected chi connectivity index (χ4v) is 3.61. The van der Waals surface area contributed by atoms with E-state index in [1.54, 1.807) is 6.26 Å². The third kappa shape index (κ3) is 10.5. The Hall–Kier alpha value is -2.87. The second-order valence-corrected chi connectivity index (χ2v) is 8.47. The molecule has 1 heterocycles. The molecule has 13 nitrogen and oxygen atoms in total. The fraction of sp³-hybridized carbons (Fsp3) is 0.684. The van der Waals surface area contributed by atoms with Gasteiger partial charge in [-0.1, -0.05) is 0 Å². The minimum atomic E-state index is -1.51. The first kappa shape index (κ1) is 28.2. The fourth-order valence-electron chi connectivity index (χ4n) is 3.14. The molecule has 0 aromatic rings. The summed E-state index contributed by atoms with van der Waals surface area (Å²) < 4.78 is 0. The van der Waals surface area contributed by atoms with E-state index in [1.807, 2.05) is 0 Å². The Labute approximate surface area is 194 Å². The van der Waals surface area contributed by atoms with Crippen molar-refractivity contribution >= 4 is 47.4 Å². The molecule has 3 amide bonds. The zero-order chi connectivity index (χ0) is 25.0. The molecule has 4 atom stereocenters. The van der Waals surface area contributed by atoms with E-state index in [0.717, 1.165) is 6.42 Å². The van der Waals surface area contributed by atoms with E-state index in [1.165, 1.54) is 11.8 Å². The highest BCUT2D eigenvalue weighted by Crippen LogP contribution is 2.08. The van der Waals surface area contributed by atoms with Gasteiger partial charge in [0.15, 0.2) is 0 Å². The van der Waals surface area contributed by atoms with Crippen LogP contribution in [0.4, 0.5) is 0 Å². The number of thioether (sulfide) groups is 1. The quantitative estimate of drug-likeness (QED) is 0.138. The Balaban J connectivity index is 2.93. The van der Waals surface area contributed by atoms with E-state index >= 15 is 0 Å². The Morgan fingerprint density at radius 1 is 0.909 bits per heavy atom. The van der Waals surface area contributed by atoms with Crippen molar-refractivity contribution < 1.29 is 44.1 Å². The number of carbonyl (C=O) groups excluding carboxylic acids is 3. The van der Waals surface area contributed by atoms with Gasteiger partial charge in [-0.2, -0.15) is 11.8 Å². The minimum absolute atomic E-state index is 0.105. The van der Waals surface area contributed by atoms with E-state index in [0.29, 0.717) is 18.7 Å². The van der Waals surface area contributed by atoms with Crippen LogP contribution in [-0.2, 0) is 28.8 Å². The molecular formula is C19H30N4O9S. The summed E-state index contributed by atoms with van der Waals surface area (Å²) in [6, 6.07) is -4.78. The first-order chi connectivity index (χ1) is 15.5. The van der Waals surface area contributed by atoms with Crippen molar-refractivity contribution in [3.8, 4) is 0 Å². The lowest BCUT2D eigenvalue weighted by Crippen LogP contribution is -2.57. The molecule has 0 spiro atoms. The van der Waals surface area contributed by atoms with Crippen LogP contribution in [0.1, 0.15) is 38.5 Å². The van der Waals surface area contributed by atoms with Crippen molar-refractivity contribution in [1.82, 2.24) is 21.3 Å². The molecule has 186 valence electrons. The summed E-state index contributed by atoms with van der Waals surface area (Å²) >= 11 is 1.37. The van der Waals surface area contributed by atoms with Crippen LogP contribution in [0.15, 0.2) is 0 Å². The van der Waals surface area contributed by atoms with Gasteiger partial charge in [-0.15, -0.1) is 0 Å². The first-order valence-corrected chi connectivity index (χ1v) is 11.7. The largest absolute Gasteiger partial charge is 0.481 e. The Kier molecular flexibility index (Phi) is 12.2. The van der Waals surface area contributed by atoms with Crippen LogP contribution in [0.5, 0.6) is 0 Å². The molecule has 1 fully saturated rings. The topological polar surface area (TPSA) is 211 Å². The Morgan fingerprint density at radius 2 is 1.55 bits per heavy atom. The number of amides is 3. The number of nitrogens with one attached hydrogen (secondary N) is 4. The van der Waals surface area contributed by atoms with Gasteiger partial charge >= 0.3 is 17.9 Å². The molecule has 0 bridgehead atoms. The van der Waals surface area contributed by atoms with Crippen molar-refractivity contribution in [1.29, 1.82) is 0 Å². The van der Waals surface area contributed by atoms with E-state index in [-0.39, 0.29) is 12.8 Å². The van der Waals surface area contributed by atoms with Crippen molar-refractivity contribution in [2.24, 2.45) is 0 Å². The van der Waals surface area contributed by atoms with Gasteiger partial charge in [0.1, 0.15) is 18.1 Å². The number of carboxylic acid groups (broad SMARTS) is 3. The normalized spacial score (nSPS) is 17.9. The van der Waals surface area contributed by atoms with Crippen LogP contribution >= 0.6 is 11.8 Å². The molecule has 1 rings (SSSR count). The second kappa shape index (κ2) is 14.3. The Bertz CT molecular complexity index is 743. The average molecular weight is 491 g/mol. The zero-order valence-corrected chi connectivity index (χ0v) is 19.0. The first-order valence-electron chi connectivity index (χ1n) is 10.3. The smallest absolute Gasteiger partial charge is 0.326 e. The summed E-state index contributed by atoms with van der Waals surface area (Å²) in [5.41, 5.74) is 0. The maximum absolute atomic E-state index is 12.7. The molecule has 1 aliphatic rings. The molecule has 1 aliphatic heterocycles. The van der Waals surface area contributed by atoms with Crippen molar-refractivity contribution in [3.05, 3.63) is 0 Å². The molecule has 7 N–H and O–H groups in total. The van der Waals surface area contributed by atoms with Crippen LogP contribution in [0, 0.1) is 0 Å². The number of carboxylic acids is 3. The summed E-state index contributed by atoms with van der Waals surface area (Å²) in [4.78, 5) is 71.3. The summed E-state index contributed by atoms with van der Waals surface area (Å²) in [5, 5.41) is 37.2. The van der Waals surface area contributed by atoms with Gasteiger partial charge in [-0.25, -0.2) is 4.79 Å². The predicted octanol–water partition coefficient (Wildman–Crippen LogP) is -1.63. The maximum atomic E-state index is 12.7. The molecule has 0 aromatic heterocycles. The number of rotatable bonds is 15. The Morgan fingerprint density at radius 3 is 2.06 bits per heavy atom. The molecule has 1 saturated heterocycles. The summed E-state index contributed by atoms with van der Waals surface area (Å²) in [5.74, 6) is -5.96. The van der Waals surface area contributed by atoms with Crippen molar-refractivity contribution in [2.45, 2.75) is 62.7 Å². The lowest BCUT2D eigenvalue weighted by atomic mass is 10.1. The lowest BCUT2D eigenvalue weighted by molar-refractivity contribution is -0.143. The van der Waals surface area contributed by atoms with Crippen LogP contribution < -0.4 is 21.3 Å². The van der Waals surface area contributed by atoms with Gasteiger partial charge in [-0.3, -0.25) is 24.0 Å². The van der Waals surface area contributed by atoms with Crippen LogP contribution in [-0.4, -0.2) is 93.7 Å². The maximum Gasteiger partial charge on any atom is 0.326 e. The van der Waals surface area contributed by atoms with Gasteiger partial charge in [-0.05, 0) is 44.2 Å². The van der Waals surface area contributed by atoms with E-state index in [4.69, 9.17) is 10.2 Å². The van der Waals surface area contributed by atoms with Crippen molar-refractivity contribution in [3.63, 3.8) is 0 Å².